The Morgan fingerprint density at radius 1 is 1.35 bits per heavy atom. The summed E-state index contributed by atoms with van der Waals surface area (Å²) in [6.07, 6.45) is 0.881. The third-order valence-electron chi connectivity index (χ3n) is 3.14. The van der Waals surface area contributed by atoms with Gasteiger partial charge in [0.2, 0.25) is 0 Å². The predicted octanol–water partition coefficient (Wildman–Crippen LogP) is 2.47. The Hall–Kier alpha value is -1.53. The van der Waals surface area contributed by atoms with Gasteiger partial charge in [-0.25, -0.2) is 0 Å². The lowest BCUT2D eigenvalue weighted by molar-refractivity contribution is 0.213. The van der Waals surface area contributed by atoms with Crippen molar-refractivity contribution in [3.63, 3.8) is 0 Å². The predicted molar refractivity (Wildman–Crippen MR) is 69.0 cm³/mol. The Balaban J connectivity index is 2.65. The molecular formula is C14H20N2O. The number of nitrogens with zero attached hydrogens (tertiary/aromatic N) is 2. The standard InChI is InChI=1S/C14H20N2O/c1-14(2,11-15)16(3)10-9-12-7-5-6-8-13(12)17-4/h5-8H,9-10H2,1-4H3. The maximum absolute atomic E-state index is 9.05. The number of para-hydroxylation sites is 1. The molecule has 1 rings (SSSR count). The molecule has 0 spiro atoms. The summed E-state index contributed by atoms with van der Waals surface area (Å²) < 4.78 is 5.31. The fraction of sp³-hybridized carbons (Fsp3) is 0.500. The lowest BCUT2D eigenvalue weighted by Gasteiger charge is -2.29. The molecule has 0 bridgehead atoms. The Morgan fingerprint density at radius 3 is 2.59 bits per heavy atom. The van der Waals surface area contributed by atoms with Crippen molar-refractivity contribution in [1.82, 2.24) is 4.90 Å². The minimum absolute atomic E-state index is 0.429. The van der Waals surface area contributed by atoms with Crippen LogP contribution in [0.4, 0.5) is 0 Å². The van der Waals surface area contributed by atoms with E-state index < -0.39 is 5.54 Å². The highest BCUT2D eigenvalue weighted by atomic mass is 16.5. The van der Waals surface area contributed by atoms with Crippen LogP contribution in [-0.4, -0.2) is 31.1 Å². The number of ether oxygens (including phenoxy) is 1. The van der Waals surface area contributed by atoms with Crippen LogP contribution in [0.5, 0.6) is 5.75 Å². The first-order chi connectivity index (χ1) is 8.01. The van der Waals surface area contributed by atoms with Gasteiger partial charge < -0.3 is 4.74 Å². The van der Waals surface area contributed by atoms with Gasteiger partial charge in [0.1, 0.15) is 11.3 Å². The summed E-state index contributed by atoms with van der Waals surface area (Å²) >= 11 is 0. The maximum atomic E-state index is 9.05. The first kappa shape index (κ1) is 13.5. The lowest BCUT2D eigenvalue weighted by atomic mass is 10.0. The Kier molecular flexibility index (Phi) is 4.53. The molecule has 0 N–H and O–H groups in total. The van der Waals surface area contributed by atoms with E-state index in [1.54, 1.807) is 7.11 Å². The van der Waals surface area contributed by atoms with E-state index >= 15 is 0 Å². The van der Waals surface area contributed by atoms with Crippen LogP contribution in [0.2, 0.25) is 0 Å². The van der Waals surface area contributed by atoms with Gasteiger partial charge in [-0.2, -0.15) is 5.26 Å². The molecule has 0 unspecified atom stereocenters. The zero-order chi connectivity index (χ0) is 12.9. The average Bonchev–Trinajstić information content (AvgIpc) is 2.36. The van der Waals surface area contributed by atoms with E-state index in [0.717, 1.165) is 18.7 Å². The van der Waals surface area contributed by atoms with Crippen molar-refractivity contribution >= 4 is 0 Å². The Bertz CT molecular complexity index is 407. The molecule has 0 heterocycles. The zero-order valence-corrected chi connectivity index (χ0v) is 11.0. The second-order valence-electron chi connectivity index (χ2n) is 4.65. The van der Waals surface area contributed by atoms with Gasteiger partial charge in [-0.3, -0.25) is 4.90 Å². The quantitative estimate of drug-likeness (QED) is 0.782. The van der Waals surface area contributed by atoms with Crippen molar-refractivity contribution in [2.75, 3.05) is 20.7 Å². The molecule has 3 heteroatoms. The second kappa shape index (κ2) is 5.70. The molecule has 0 aliphatic heterocycles. The molecule has 0 aliphatic rings. The zero-order valence-electron chi connectivity index (χ0n) is 11.0. The van der Waals surface area contributed by atoms with Gasteiger partial charge >= 0.3 is 0 Å². The molecule has 0 radical (unpaired) electrons. The molecule has 1 aromatic rings. The SMILES string of the molecule is COc1ccccc1CCN(C)C(C)(C)C#N. The topological polar surface area (TPSA) is 36.3 Å². The number of methoxy groups -OCH3 is 1. The number of rotatable bonds is 5. The van der Waals surface area contributed by atoms with Gasteiger partial charge in [0.15, 0.2) is 0 Å². The molecule has 0 amide bonds. The van der Waals surface area contributed by atoms with Crippen LogP contribution in [0.3, 0.4) is 0 Å². The summed E-state index contributed by atoms with van der Waals surface area (Å²) in [7, 11) is 3.65. The van der Waals surface area contributed by atoms with Crippen molar-refractivity contribution in [1.29, 1.82) is 5.26 Å². The summed E-state index contributed by atoms with van der Waals surface area (Å²) in [6, 6.07) is 10.3. The molecule has 1 aromatic carbocycles. The van der Waals surface area contributed by atoms with Crippen LogP contribution >= 0.6 is 0 Å². The Labute approximate surface area is 104 Å². The van der Waals surface area contributed by atoms with E-state index in [9.17, 15) is 0 Å². The fourth-order valence-corrected chi connectivity index (χ4v) is 1.56. The normalized spacial score (nSPS) is 11.3. The van der Waals surface area contributed by atoms with Crippen molar-refractivity contribution < 1.29 is 4.74 Å². The maximum Gasteiger partial charge on any atom is 0.122 e. The van der Waals surface area contributed by atoms with E-state index in [2.05, 4.69) is 17.0 Å². The smallest absolute Gasteiger partial charge is 0.122 e. The van der Waals surface area contributed by atoms with Gasteiger partial charge in [0, 0.05) is 6.54 Å². The molecule has 92 valence electrons. The molecule has 17 heavy (non-hydrogen) atoms. The van der Waals surface area contributed by atoms with Crippen molar-refractivity contribution in [3.8, 4) is 11.8 Å². The number of hydrogen-bond acceptors (Lipinski definition) is 3. The lowest BCUT2D eigenvalue weighted by Crippen LogP contribution is -2.40. The van der Waals surface area contributed by atoms with E-state index in [4.69, 9.17) is 10.00 Å². The fourth-order valence-electron chi connectivity index (χ4n) is 1.56. The van der Waals surface area contributed by atoms with Crippen LogP contribution in [0.15, 0.2) is 24.3 Å². The highest BCUT2D eigenvalue weighted by Crippen LogP contribution is 2.19. The first-order valence-electron chi connectivity index (χ1n) is 5.75. The molecule has 0 fully saturated rings. The third kappa shape index (κ3) is 3.47. The van der Waals surface area contributed by atoms with Crippen LogP contribution in [0, 0.1) is 11.3 Å². The van der Waals surface area contributed by atoms with E-state index in [0.29, 0.717) is 0 Å². The van der Waals surface area contributed by atoms with Gasteiger partial charge in [0.25, 0.3) is 0 Å². The van der Waals surface area contributed by atoms with Crippen molar-refractivity contribution in [2.45, 2.75) is 25.8 Å². The molecule has 0 aliphatic carbocycles. The summed E-state index contributed by atoms with van der Waals surface area (Å²) in [5.41, 5.74) is 0.748. The van der Waals surface area contributed by atoms with Gasteiger partial charge in [-0.15, -0.1) is 0 Å². The first-order valence-corrected chi connectivity index (χ1v) is 5.75. The number of hydrogen-bond donors (Lipinski definition) is 0. The van der Waals surface area contributed by atoms with Crippen LogP contribution < -0.4 is 4.74 Å². The minimum atomic E-state index is -0.429. The molecule has 3 nitrogen and oxygen atoms in total. The molecular weight excluding hydrogens is 212 g/mol. The van der Waals surface area contributed by atoms with E-state index in [-0.39, 0.29) is 0 Å². The number of nitriles is 1. The number of likely N-dealkylation sites (N-methyl/N-ethyl adjacent to an activating group) is 1. The van der Waals surface area contributed by atoms with Crippen LogP contribution in [-0.2, 0) is 6.42 Å². The van der Waals surface area contributed by atoms with Crippen molar-refractivity contribution in [3.05, 3.63) is 29.8 Å². The molecule has 0 saturated heterocycles. The highest BCUT2D eigenvalue weighted by Gasteiger charge is 2.22. The van der Waals surface area contributed by atoms with E-state index in [1.807, 2.05) is 39.1 Å². The van der Waals surface area contributed by atoms with Gasteiger partial charge in [-0.05, 0) is 38.9 Å². The molecule has 0 atom stereocenters. The summed E-state index contributed by atoms with van der Waals surface area (Å²) in [5.74, 6) is 0.913. The Morgan fingerprint density at radius 2 is 2.00 bits per heavy atom. The third-order valence-corrected chi connectivity index (χ3v) is 3.14. The largest absolute Gasteiger partial charge is 0.496 e. The monoisotopic (exact) mass is 232 g/mol. The molecule has 0 aromatic heterocycles. The van der Waals surface area contributed by atoms with Crippen LogP contribution in [0.25, 0.3) is 0 Å². The summed E-state index contributed by atoms with van der Waals surface area (Å²) in [4.78, 5) is 2.05. The van der Waals surface area contributed by atoms with Gasteiger partial charge in [0.05, 0.1) is 13.2 Å². The summed E-state index contributed by atoms with van der Waals surface area (Å²) in [6.45, 7) is 4.69. The van der Waals surface area contributed by atoms with Crippen molar-refractivity contribution in [2.24, 2.45) is 0 Å². The summed E-state index contributed by atoms with van der Waals surface area (Å²) in [5, 5.41) is 9.05. The van der Waals surface area contributed by atoms with Gasteiger partial charge in [-0.1, -0.05) is 18.2 Å². The second-order valence-corrected chi connectivity index (χ2v) is 4.65. The highest BCUT2D eigenvalue weighted by molar-refractivity contribution is 5.33. The van der Waals surface area contributed by atoms with E-state index in [1.165, 1.54) is 5.56 Å². The molecule has 0 saturated carbocycles. The number of benzene rings is 1. The average molecular weight is 232 g/mol. The minimum Gasteiger partial charge on any atom is -0.496 e. The van der Waals surface area contributed by atoms with Crippen LogP contribution in [0.1, 0.15) is 19.4 Å².